The van der Waals surface area contributed by atoms with Crippen LogP contribution in [0, 0.1) is 0 Å². The number of amides is 1. The third-order valence-electron chi connectivity index (χ3n) is 2.61. The van der Waals surface area contributed by atoms with Crippen LogP contribution in [0.2, 0.25) is 0 Å². The average molecular weight is 281 g/mol. The highest BCUT2D eigenvalue weighted by molar-refractivity contribution is 9.10. The molecular formula is C12H13BrN2O. The van der Waals surface area contributed by atoms with Crippen LogP contribution in [-0.4, -0.2) is 11.4 Å². The van der Waals surface area contributed by atoms with E-state index in [2.05, 4.69) is 26.8 Å². The zero-order valence-corrected chi connectivity index (χ0v) is 10.8. The molecule has 2 N–H and O–H groups in total. The van der Waals surface area contributed by atoms with Crippen LogP contribution in [0.4, 0.5) is 0 Å². The predicted molar refractivity (Wildman–Crippen MR) is 67.5 cm³/mol. The number of nitrogens with one attached hydrogen (secondary N) is 2. The summed E-state index contributed by atoms with van der Waals surface area (Å²) in [6, 6.07) is 7.83. The normalized spacial score (nSPS) is 21.2. The summed E-state index contributed by atoms with van der Waals surface area (Å²) in [6.45, 7) is 3.93. The van der Waals surface area contributed by atoms with Crippen LogP contribution in [0.3, 0.4) is 0 Å². The van der Waals surface area contributed by atoms with E-state index in [4.69, 9.17) is 0 Å². The molecule has 0 spiro atoms. The SMILES string of the molecule is CC1(C)NNC(=O)/C1=C\c1ccccc1Br. The molecule has 1 aromatic carbocycles. The molecule has 0 bridgehead atoms. The second-order valence-electron chi connectivity index (χ2n) is 4.28. The van der Waals surface area contributed by atoms with Crippen LogP contribution < -0.4 is 10.9 Å². The summed E-state index contributed by atoms with van der Waals surface area (Å²) >= 11 is 3.46. The molecule has 1 fully saturated rings. The quantitative estimate of drug-likeness (QED) is 0.775. The molecule has 0 atom stereocenters. The van der Waals surface area contributed by atoms with Crippen molar-refractivity contribution < 1.29 is 4.79 Å². The van der Waals surface area contributed by atoms with Crippen molar-refractivity contribution >= 4 is 27.9 Å². The van der Waals surface area contributed by atoms with E-state index in [1.54, 1.807) is 0 Å². The largest absolute Gasteiger partial charge is 0.287 e. The number of rotatable bonds is 1. The molecule has 1 heterocycles. The molecule has 1 aromatic rings. The fourth-order valence-corrected chi connectivity index (χ4v) is 2.02. The first kappa shape index (κ1) is 11.4. The molecule has 0 unspecified atom stereocenters. The number of benzene rings is 1. The Balaban J connectivity index is 2.45. The molecule has 0 saturated carbocycles. The maximum absolute atomic E-state index is 11.6. The van der Waals surface area contributed by atoms with Gasteiger partial charge in [0.05, 0.1) is 5.54 Å². The first-order chi connectivity index (χ1) is 7.50. The van der Waals surface area contributed by atoms with Crippen LogP contribution in [0.15, 0.2) is 34.3 Å². The lowest BCUT2D eigenvalue weighted by Gasteiger charge is -2.17. The van der Waals surface area contributed by atoms with E-state index in [-0.39, 0.29) is 11.4 Å². The maximum Gasteiger partial charge on any atom is 0.263 e. The molecule has 1 amide bonds. The smallest absolute Gasteiger partial charge is 0.263 e. The lowest BCUT2D eigenvalue weighted by Crippen LogP contribution is -2.38. The van der Waals surface area contributed by atoms with Gasteiger partial charge in [0.2, 0.25) is 0 Å². The van der Waals surface area contributed by atoms with Gasteiger partial charge in [-0.2, -0.15) is 0 Å². The Bertz CT molecular complexity index is 466. The van der Waals surface area contributed by atoms with Crippen LogP contribution in [0.1, 0.15) is 19.4 Å². The Hall–Kier alpha value is -1.13. The van der Waals surface area contributed by atoms with Crippen molar-refractivity contribution in [2.75, 3.05) is 0 Å². The molecular weight excluding hydrogens is 268 g/mol. The molecule has 0 radical (unpaired) electrons. The van der Waals surface area contributed by atoms with E-state index >= 15 is 0 Å². The van der Waals surface area contributed by atoms with E-state index in [9.17, 15) is 4.79 Å². The van der Waals surface area contributed by atoms with Gasteiger partial charge in [0.15, 0.2) is 0 Å². The second kappa shape index (κ2) is 4.03. The molecule has 2 rings (SSSR count). The molecule has 3 nitrogen and oxygen atoms in total. The first-order valence-corrected chi connectivity index (χ1v) is 5.84. The summed E-state index contributed by atoms with van der Waals surface area (Å²) in [5.74, 6) is -0.0687. The first-order valence-electron chi connectivity index (χ1n) is 5.05. The number of hydrazine groups is 1. The van der Waals surface area contributed by atoms with Crippen molar-refractivity contribution in [2.24, 2.45) is 0 Å². The molecule has 0 aromatic heterocycles. The average Bonchev–Trinajstić information content (AvgIpc) is 2.48. The van der Waals surface area contributed by atoms with Gasteiger partial charge in [-0.3, -0.25) is 10.2 Å². The van der Waals surface area contributed by atoms with E-state index in [1.165, 1.54) is 0 Å². The van der Waals surface area contributed by atoms with Crippen LogP contribution >= 0.6 is 15.9 Å². The van der Waals surface area contributed by atoms with Gasteiger partial charge in [-0.25, -0.2) is 5.43 Å². The topological polar surface area (TPSA) is 41.1 Å². The van der Waals surface area contributed by atoms with Gasteiger partial charge in [-0.15, -0.1) is 0 Å². The zero-order chi connectivity index (χ0) is 11.8. The minimum absolute atomic E-state index is 0.0687. The van der Waals surface area contributed by atoms with Gasteiger partial charge >= 0.3 is 0 Å². The summed E-state index contributed by atoms with van der Waals surface area (Å²) < 4.78 is 0.984. The van der Waals surface area contributed by atoms with Crippen molar-refractivity contribution in [1.82, 2.24) is 10.9 Å². The fraction of sp³-hybridized carbons (Fsp3) is 0.250. The lowest BCUT2D eigenvalue weighted by molar-refractivity contribution is -0.116. The molecule has 16 heavy (non-hydrogen) atoms. The van der Waals surface area contributed by atoms with E-state index in [0.29, 0.717) is 0 Å². The van der Waals surface area contributed by atoms with Gasteiger partial charge in [0.25, 0.3) is 5.91 Å². The van der Waals surface area contributed by atoms with Crippen molar-refractivity contribution in [3.05, 3.63) is 39.9 Å². The Labute approximate surface area is 103 Å². The van der Waals surface area contributed by atoms with Gasteiger partial charge in [0.1, 0.15) is 0 Å². The predicted octanol–water partition coefficient (Wildman–Crippen LogP) is 2.25. The minimum Gasteiger partial charge on any atom is -0.287 e. The Kier molecular flexibility index (Phi) is 2.86. The molecule has 1 aliphatic heterocycles. The van der Waals surface area contributed by atoms with Gasteiger partial charge in [-0.05, 0) is 31.6 Å². The standard InChI is InChI=1S/C12H13BrN2O/c1-12(2)9(11(16)14-15-12)7-8-5-3-4-6-10(8)13/h3-7,15H,1-2H3,(H,14,16)/b9-7+. The summed E-state index contributed by atoms with van der Waals surface area (Å²) in [6.07, 6.45) is 1.90. The lowest BCUT2D eigenvalue weighted by atomic mass is 9.94. The third kappa shape index (κ3) is 2.03. The highest BCUT2D eigenvalue weighted by Crippen LogP contribution is 2.25. The molecule has 1 saturated heterocycles. The molecule has 0 aliphatic carbocycles. The number of carbonyl (C=O) groups is 1. The second-order valence-corrected chi connectivity index (χ2v) is 5.14. The fourth-order valence-electron chi connectivity index (χ4n) is 1.63. The van der Waals surface area contributed by atoms with Crippen LogP contribution in [0.25, 0.3) is 6.08 Å². The monoisotopic (exact) mass is 280 g/mol. The van der Waals surface area contributed by atoms with E-state index in [0.717, 1.165) is 15.6 Å². The van der Waals surface area contributed by atoms with Gasteiger partial charge in [-0.1, -0.05) is 34.1 Å². The summed E-state index contributed by atoms with van der Waals surface area (Å²) in [5.41, 5.74) is 6.98. The molecule has 1 aliphatic rings. The summed E-state index contributed by atoms with van der Waals surface area (Å²) in [5, 5.41) is 0. The summed E-state index contributed by atoms with van der Waals surface area (Å²) in [4.78, 5) is 11.6. The number of carbonyl (C=O) groups excluding carboxylic acids is 1. The Morgan fingerprint density at radius 1 is 1.31 bits per heavy atom. The minimum atomic E-state index is -0.341. The maximum atomic E-state index is 11.6. The van der Waals surface area contributed by atoms with Crippen molar-refractivity contribution in [1.29, 1.82) is 0 Å². The third-order valence-corrected chi connectivity index (χ3v) is 3.33. The van der Waals surface area contributed by atoms with Crippen molar-refractivity contribution in [3.63, 3.8) is 0 Å². The zero-order valence-electron chi connectivity index (χ0n) is 9.17. The van der Waals surface area contributed by atoms with Gasteiger partial charge in [0, 0.05) is 10.0 Å². The van der Waals surface area contributed by atoms with Crippen molar-refractivity contribution in [3.8, 4) is 0 Å². The summed E-state index contributed by atoms with van der Waals surface area (Å²) in [7, 11) is 0. The Morgan fingerprint density at radius 2 is 2.00 bits per heavy atom. The van der Waals surface area contributed by atoms with Crippen LogP contribution in [-0.2, 0) is 4.79 Å². The number of hydrogen-bond acceptors (Lipinski definition) is 2. The highest BCUT2D eigenvalue weighted by Gasteiger charge is 2.34. The Morgan fingerprint density at radius 3 is 2.56 bits per heavy atom. The van der Waals surface area contributed by atoms with E-state index < -0.39 is 0 Å². The van der Waals surface area contributed by atoms with Gasteiger partial charge < -0.3 is 0 Å². The molecule has 84 valence electrons. The number of halogens is 1. The number of hydrogen-bond donors (Lipinski definition) is 2. The van der Waals surface area contributed by atoms with Crippen LogP contribution in [0.5, 0.6) is 0 Å². The van der Waals surface area contributed by atoms with E-state index in [1.807, 2.05) is 44.2 Å². The van der Waals surface area contributed by atoms with Crippen molar-refractivity contribution in [2.45, 2.75) is 19.4 Å². The highest BCUT2D eigenvalue weighted by atomic mass is 79.9. The molecule has 4 heteroatoms.